The van der Waals surface area contributed by atoms with E-state index >= 15 is 0 Å². The van der Waals surface area contributed by atoms with Crippen molar-refractivity contribution in [2.24, 2.45) is 0 Å². The molecule has 0 aliphatic rings. The van der Waals surface area contributed by atoms with Crippen LogP contribution in [0.3, 0.4) is 0 Å². The van der Waals surface area contributed by atoms with Crippen molar-refractivity contribution in [3.05, 3.63) is 41.5 Å². The van der Waals surface area contributed by atoms with E-state index in [1.165, 1.54) is 0 Å². The highest BCUT2D eigenvalue weighted by Crippen LogP contribution is 2.30. The van der Waals surface area contributed by atoms with E-state index in [2.05, 4.69) is 5.92 Å². The molecule has 2 aromatic rings. The number of hydrogen-bond acceptors (Lipinski definition) is 2. The summed E-state index contributed by atoms with van der Waals surface area (Å²) in [6.45, 7) is 1.83. The molecule has 0 atom stereocenters. The van der Waals surface area contributed by atoms with Gasteiger partial charge in [-0.1, -0.05) is 30.2 Å². The number of rotatable bonds is 3. The SMILES string of the molecule is C#CCOc1cc2ccccc2c(C)c1C(=O)O. The Morgan fingerprint density at radius 3 is 2.83 bits per heavy atom. The molecule has 0 saturated heterocycles. The molecule has 0 aliphatic heterocycles. The molecule has 2 aromatic carbocycles. The van der Waals surface area contributed by atoms with Crippen molar-refractivity contribution in [3.63, 3.8) is 0 Å². The van der Waals surface area contributed by atoms with Crippen molar-refractivity contribution in [2.75, 3.05) is 6.61 Å². The van der Waals surface area contributed by atoms with E-state index in [0.29, 0.717) is 11.3 Å². The molecule has 1 N–H and O–H groups in total. The summed E-state index contributed by atoms with van der Waals surface area (Å²) in [4.78, 5) is 11.3. The minimum atomic E-state index is -1.01. The monoisotopic (exact) mass is 240 g/mol. The molecule has 90 valence electrons. The van der Waals surface area contributed by atoms with Gasteiger partial charge in [0.25, 0.3) is 0 Å². The number of fused-ring (bicyclic) bond motifs is 1. The van der Waals surface area contributed by atoms with Crippen LogP contribution in [0, 0.1) is 19.3 Å². The van der Waals surface area contributed by atoms with Crippen molar-refractivity contribution in [1.29, 1.82) is 0 Å². The molecule has 0 bridgehead atoms. The van der Waals surface area contributed by atoms with E-state index in [1.54, 1.807) is 13.0 Å². The Morgan fingerprint density at radius 1 is 1.44 bits per heavy atom. The van der Waals surface area contributed by atoms with Crippen LogP contribution < -0.4 is 4.74 Å². The lowest BCUT2D eigenvalue weighted by molar-refractivity contribution is 0.0692. The largest absolute Gasteiger partial charge is 0.480 e. The lowest BCUT2D eigenvalue weighted by atomic mass is 9.99. The van der Waals surface area contributed by atoms with Crippen LogP contribution in [-0.2, 0) is 0 Å². The highest BCUT2D eigenvalue weighted by molar-refractivity contribution is 6.00. The van der Waals surface area contributed by atoms with E-state index in [9.17, 15) is 9.90 Å². The first-order valence-electron chi connectivity index (χ1n) is 5.47. The molecule has 0 amide bonds. The second-order valence-corrected chi connectivity index (χ2v) is 3.89. The van der Waals surface area contributed by atoms with Crippen LogP contribution in [-0.4, -0.2) is 17.7 Å². The average molecular weight is 240 g/mol. The van der Waals surface area contributed by atoms with Crippen molar-refractivity contribution in [1.82, 2.24) is 0 Å². The standard InChI is InChI=1S/C15H12O3/c1-3-8-18-13-9-11-6-4-5-7-12(11)10(2)14(13)15(16)17/h1,4-7,9H,8H2,2H3,(H,16,17). The first-order valence-corrected chi connectivity index (χ1v) is 5.47. The van der Waals surface area contributed by atoms with Crippen molar-refractivity contribution in [2.45, 2.75) is 6.92 Å². The Hall–Kier alpha value is -2.47. The fraction of sp³-hybridized carbons (Fsp3) is 0.133. The van der Waals surface area contributed by atoms with Gasteiger partial charge in [-0.05, 0) is 29.3 Å². The molecule has 2 rings (SSSR count). The van der Waals surface area contributed by atoms with E-state index < -0.39 is 5.97 Å². The molecule has 0 aliphatic carbocycles. The third kappa shape index (κ3) is 2.01. The minimum Gasteiger partial charge on any atom is -0.480 e. The molecule has 0 fully saturated rings. The van der Waals surface area contributed by atoms with Gasteiger partial charge in [0, 0.05) is 0 Å². The smallest absolute Gasteiger partial charge is 0.339 e. The van der Waals surface area contributed by atoms with Gasteiger partial charge >= 0.3 is 5.97 Å². The molecule has 3 heteroatoms. The quantitative estimate of drug-likeness (QED) is 0.839. The summed E-state index contributed by atoms with van der Waals surface area (Å²) in [5.74, 6) is 1.64. The molecule has 0 saturated carbocycles. The van der Waals surface area contributed by atoms with Crippen molar-refractivity contribution >= 4 is 16.7 Å². The Labute approximate surface area is 105 Å². The summed E-state index contributed by atoms with van der Waals surface area (Å²) < 4.78 is 5.32. The number of carboxylic acids is 1. The normalized spacial score (nSPS) is 10.0. The number of ether oxygens (including phenoxy) is 1. The zero-order valence-electron chi connectivity index (χ0n) is 9.93. The van der Waals surface area contributed by atoms with Gasteiger partial charge in [-0.3, -0.25) is 0 Å². The van der Waals surface area contributed by atoms with E-state index in [1.807, 2.05) is 24.3 Å². The number of terminal acetylenes is 1. The van der Waals surface area contributed by atoms with Gasteiger partial charge in [0.05, 0.1) is 0 Å². The Morgan fingerprint density at radius 2 is 2.17 bits per heavy atom. The van der Waals surface area contributed by atoms with Gasteiger partial charge in [0.1, 0.15) is 17.9 Å². The van der Waals surface area contributed by atoms with Crippen molar-refractivity contribution in [3.8, 4) is 18.1 Å². The Bertz CT molecular complexity index is 651. The number of aryl methyl sites for hydroxylation is 1. The van der Waals surface area contributed by atoms with Crippen LogP contribution in [0.2, 0.25) is 0 Å². The summed E-state index contributed by atoms with van der Waals surface area (Å²) in [7, 11) is 0. The Balaban J connectivity index is 2.71. The molecule has 0 unspecified atom stereocenters. The molecular formula is C15H12O3. The summed E-state index contributed by atoms with van der Waals surface area (Å²) in [6, 6.07) is 9.29. The van der Waals surface area contributed by atoms with Crippen LogP contribution in [0.15, 0.2) is 30.3 Å². The van der Waals surface area contributed by atoms with E-state index in [4.69, 9.17) is 11.2 Å². The summed E-state index contributed by atoms with van der Waals surface area (Å²) in [5, 5.41) is 11.1. The fourth-order valence-electron chi connectivity index (χ4n) is 2.00. The van der Waals surface area contributed by atoms with Gasteiger partial charge in [-0.15, -0.1) is 6.42 Å². The van der Waals surface area contributed by atoms with Gasteiger partial charge in [-0.2, -0.15) is 0 Å². The number of carbonyl (C=O) groups is 1. The number of benzene rings is 2. The number of aromatic carboxylic acids is 1. The number of carboxylic acid groups (broad SMARTS) is 1. The molecular weight excluding hydrogens is 228 g/mol. The molecule has 0 aromatic heterocycles. The lowest BCUT2D eigenvalue weighted by Crippen LogP contribution is -2.06. The van der Waals surface area contributed by atoms with Crippen LogP contribution in [0.4, 0.5) is 0 Å². The molecule has 18 heavy (non-hydrogen) atoms. The summed E-state index contributed by atoms with van der Waals surface area (Å²) in [6.07, 6.45) is 5.13. The first kappa shape index (κ1) is 12.0. The van der Waals surface area contributed by atoms with Gasteiger partial charge in [0.15, 0.2) is 0 Å². The fourth-order valence-corrected chi connectivity index (χ4v) is 2.00. The van der Waals surface area contributed by atoms with E-state index in [-0.39, 0.29) is 12.2 Å². The van der Waals surface area contributed by atoms with Gasteiger partial charge < -0.3 is 9.84 Å². The first-order chi connectivity index (χ1) is 8.65. The lowest BCUT2D eigenvalue weighted by Gasteiger charge is -2.12. The predicted octanol–water partition coefficient (Wildman–Crippen LogP) is 2.86. The number of hydrogen-bond donors (Lipinski definition) is 1. The average Bonchev–Trinajstić information content (AvgIpc) is 2.36. The van der Waals surface area contributed by atoms with Gasteiger partial charge in [-0.25, -0.2) is 4.79 Å². The zero-order valence-corrected chi connectivity index (χ0v) is 9.93. The predicted molar refractivity (Wildman–Crippen MR) is 70.0 cm³/mol. The summed E-state index contributed by atoms with van der Waals surface area (Å²) in [5.41, 5.74) is 0.858. The maximum Gasteiger partial charge on any atom is 0.339 e. The second-order valence-electron chi connectivity index (χ2n) is 3.89. The third-order valence-electron chi connectivity index (χ3n) is 2.80. The molecule has 0 radical (unpaired) electrons. The maximum atomic E-state index is 11.3. The minimum absolute atomic E-state index is 0.0536. The highest BCUT2D eigenvalue weighted by atomic mass is 16.5. The third-order valence-corrected chi connectivity index (χ3v) is 2.80. The topological polar surface area (TPSA) is 46.5 Å². The van der Waals surface area contributed by atoms with Gasteiger partial charge in [0.2, 0.25) is 0 Å². The van der Waals surface area contributed by atoms with Crippen LogP contribution in [0.5, 0.6) is 5.75 Å². The van der Waals surface area contributed by atoms with Crippen molar-refractivity contribution < 1.29 is 14.6 Å². The maximum absolute atomic E-state index is 11.3. The molecule has 3 nitrogen and oxygen atoms in total. The van der Waals surface area contributed by atoms with Crippen LogP contribution in [0.1, 0.15) is 15.9 Å². The zero-order chi connectivity index (χ0) is 13.1. The second kappa shape index (κ2) is 4.80. The molecule has 0 heterocycles. The highest BCUT2D eigenvalue weighted by Gasteiger charge is 2.17. The Kier molecular flexibility index (Phi) is 3.20. The van der Waals surface area contributed by atoms with Crippen LogP contribution in [0.25, 0.3) is 10.8 Å². The summed E-state index contributed by atoms with van der Waals surface area (Å²) >= 11 is 0. The van der Waals surface area contributed by atoms with Crippen LogP contribution >= 0.6 is 0 Å². The molecule has 0 spiro atoms. The van der Waals surface area contributed by atoms with E-state index in [0.717, 1.165) is 10.8 Å².